The molecule has 0 aliphatic carbocycles. The first-order valence-electron chi connectivity index (χ1n) is 7.38. The van der Waals surface area contributed by atoms with Gasteiger partial charge in [-0.25, -0.2) is 0 Å². The van der Waals surface area contributed by atoms with E-state index in [1.807, 2.05) is 43.3 Å². The van der Waals surface area contributed by atoms with Crippen LogP contribution >= 0.6 is 0 Å². The summed E-state index contributed by atoms with van der Waals surface area (Å²) in [5.41, 5.74) is 3.39. The van der Waals surface area contributed by atoms with E-state index in [2.05, 4.69) is 10.6 Å². The molecule has 0 aliphatic rings. The number of hydrogen-bond acceptors (Lipinski definition) is 3. The minimum atomic E-state index is -0.143. The second-order valence-corrected chi connectivity index (χ2v) is 5.50. The molecule has 0 aromatic heterocycles. The Kier molecular flexibility index (Phi) is 5.36. The van der Waals surface area contributed by atoms with Gasteiger partial charge in [-0.1, -0.05) is 12.1 Å². The highest BCUT2D eigenvalue weighted by atomic mass is 16.2. The first-order chi connectivity index (χ1) is 11.0. The maximum Gasteiger partial charge on any atom is 0.251 e. The van der Waals surface area contributed by atoms with Gasteiger partial charge in [-0.15, -0.1) is 0 Å². The summed E-state index contributed by atoms with van der Waals surface area (Å²) in [6, 6.07) is 14.8. The fourth-order valence-electron chi connectivity index (χ4n) is 2.10. The van der Waals surface area contributed by atoms with Crippen molar-refractivity contribution in [3.63, 3.8) is 0 Å². The van der Waals surface area contributed by atoms with E-state index in [1.54, 1.807) is 24.3 Å². The van der Waals surface area contributed by atoms with Crippen molar-refractivity contribution in [2.75, 3.05) is 24.3 Å². The summed E-state index contributed by atoms with van der Waals surface area (Å²) in [6.45, 7) is 1.92. The SMILES string of the molecule is CC(=O)Nc1ccc(C(=O)NCc2ccc(N(C)C)cc2)cc1. The number of amides is 2. The number of benzene rings is 2. The highest BCUT2D eigenvalue weighted by Crippen LogP contribution is 2.13. The van der Waals surface area contributed by atoms with Crippen molar-refractivity contribution in [3.05, 3.63) is 59.7 Å². The Morgan fingerprint density at radius 2 is 1.57 bits per heavy atom. The summed E-state index contributed by atoms with van der Waals surface area (Å²) in [6.07, 6.45) is 0. The standard InChI is InChI=1S/C18H21N3O2/c1-13(22)20-16-8-6-15(7-9-16)18(23)19-12-14-4-10-17(11-5-14)21(2)3/h4-11H,12H2,1-3H3,(H,19,23)(H,20,22). The Balaban J connectivity index is 1.92. The molecule has 0 saturated heterocycles. The molecule has 2 aromatic rings. The largest absolute Gasteiger partial charge is 0.378 e. The summed E-state index contributed by atoms with van der Waals surface area (Å²) >= 11 is 0. The van der Waals surface area contributed by atoms with Crippen LogP contribution in [0.5, 0.6) is 0 Å². The van der Waals surface area contributed by atoms with E-state index in [0.29, 0.717) is 17.8 Å². The zero-order chi connectivity index (χ0) is 16.8. The molecule has 5 nitrogen and oxygen atoms in total. The van der Waals surface area contributed by atoms with Gasteiger partial charge >= 0.3 is 0 Å². The lowest BCUT2D eigenvalue weighted by Gasteiger charge is -2.13. The van der Waals surface area contributed by atoms with Crippen LogP contribution in [0.3, 0.4) is 0 Å². The third-order valence-electron chi connectivity index (χ3n) is 3.37. The van der Waals surface area contributed by atoms with Gasteiger partial charge in [0.1, 0.15) is 0 Å². The van der Waals surface area contributed by atoms with Gasteiger partial charge < -0.3 is 15.5 Å². The van der Waals surface area contributed by atoms with Crippen molar-refractivity contribution in [3.8, 4) is 0 Å². The van der Waals surface area contributed by atoms with E-state index in [9.17, 15) is 9.59 Å². The van der Waals surface area contributed by atoms with Gasteiger partial charge in [-0.2, -0.15) is 0 Å². The molecule has 0 radical (unpaired) electrons. The van der Waals surface area contributed by atoms with E-state index >= 15 is 0 Å². The Hall–Kier alpha value is -2.82. The van der Waals surface area contributed by atoms with Gasteiger partial charge in [0.2, 0.25) is 5.91 Å². The number of nitrogens with zero attached hydrogens (tertiary/aromatic N) is 1. The number of carbonyl (C=O) groups is 2. The zero-order valence-electron chi connectivity index (χ0n) is 13.6. The minimum absolute atomic E-state index is 0.136. The van der Waals surface area contributed by atoms with Gasteiger partial charge in [-0.05, 0) is 42.0 Å². The van der Waals surface area contributed by atoms with Crippen LogP contribution in [0.1, 0.15) is 22.8 Å². The molecule has 2 N–H and O–H groups in total. The predicted molar refractivity (Wildman–Crippen MR) is 92.7 cm³/mol. The number of hydrogen-bond donors (Lipinski definition) is 2. The van der Waals surface area contributed by atoms with E-state index in [1.165, 1.54) is 6.92 Å². The van der Waals surface area contributed by atoms with Gasteiger partial charge in [0.05, 0.1) is 0 Å². The molecule has 0 saturated carbocycles. The van der Waals surface area contributed by atoms with Gasteiger partial charge in [0.15, 0.2) is 0 Å². The molecule has 120 valence electrons. The van der Waals surface area contributed by atoms with Crippen LogP contribution in [0.2, 0.25) is 0 Å². The predicted octanol–water partition coefficient (Wildman–Crippen LogP) is 2.64. The number of anilines is 2. The molecule has 2 rings (SSSR count). The average Bonchev–Trinajstić information content (AvgIpc) is 2.53. The second-order valence-electron chi connectivity index (χ2n) is 5.50. The molecule has 0 heterocycles. The lowest BCUT2D eigenvalue weighted by molar-refractivity contribution is -0.114. The molecule has 2 amide bonds. The molecule has 0 atom stereocenters. The van der Waals surface area contributed by atoms with Crippen LogP contribution in [-0.4, -0.2) is 25.9 Å². The monoisotopic (exact) mass is 311 g/mol. The van der Waals surface area contributed by atoms with Crippen LogP contribution in [0.4, 0.5) is 11.4 Å². The highest BCUT2D eigenvalue weighted by molar-refractivity contribution is 5.95. The topological polar surface area (TPSA) is 61.4 Å². The van der Waals surface area contributed by atoms with Crippen molar-refractivity contribution < 1.29 is 9.59 Å². The number of nitrogens with one attached hydrogen (secondary N) is 2. The Labute approximate surface area is 136 Å². The maximum absolute atomic E-state index is 12.1. The maximum atomic E-state index is 12.1. The van der Waals surface area contributed by atoms with E-state index in [-0.39, 0.29) is 11.8 Å². The van der Waals surface area contributed by atoms with Gasteiger partial charge in [0, 0.05) is 44.5 Å². The number of carbonyl (C=O) groups excluding carboxylic acids is 2. The molecule has 0 aliphatic heterocycles. The quantitative estimate of drug-likeness (QED) is 0.892. The smallest absolute Gasteiger partial charge is 0.251 e. The van der Waals surface area contributed by atoms with Crippen molar-refractivity contribution in [1.82, 2.24) is 5.32 Å². The third-order valence-corrected chi connectivity index (χ3v) is 3.37. The van der Waals surface area contributed by atoms with Crippen molar-refractivity contribution >= 4 is 23.2 Å². The summed E-state index contributed by atoms with van der Waals surface area (Å²) in [5.74, 6) is -0.278. The second kappa shape index (κ2) is 7.45. The highest BCUT2D eigenvalue weighted by Gasteiger charge is 2.06. The van der Waals surface area contributed by atoms with Crippen LogP contribution in [0, 0.1) is 0 Å². The van der Waals surface area contributed by atoms with Gasteiger partial charge in [0.25, 0.3) is 5.91 Å². The molecular formula is C18H21N3O2. The molecule has 23 heavy (non-hydrogen) atoms. The van der Waals surface area contributed by atoms with Crippen LogP contribution in [-0.2, 0) is 11.3 Å². The average molecular weight is 311 g/mol. The molecule has 0 bridgehead atoms. The first kappa shape index (κ1) is 16.5. The minimum Gasteiger partial charge on any atom is -0.378 e. The third kappa shape index (κ3) is 4.85. The number of rotatable bonds is 5. The Bertz CT molecular complexity index is 676. The van der Waals surface area contributed by atoms with Crippen LogP contribution < -0.4 is 15.5 Å². The Morgan fingerprint density at radius 1 is 0.957 bits per heavy atom. The molecule has 2 aromatic carbocycles. The summed E-state index contributed by atoms with van der Waals surface area (Å²) in [5, 5.41) is 5.55. The van der Waals surface area contributed by atoms with Crippen LogP contribution in [0.25, 0.3) is 0 Å². The first-order valence-corrected chi connectivity index (χ1v) is 7.38. The molecular weight excluding hydrogens is 290 g/mol. The van der Waals surface area contributed by atoms with E-state index in [0.717, 1.165) is 11.3 Å². The lowest BCUT2D eigenvalue weighted by atomic mass is 10.1. The Morgan fingerprint density at radius 3 is 2.09 bits per heavy atom. The fourth-order valence-corrected chi connectivity index (χ4v) is 2.10. The van der Waals surface area contributed by atoms with E-state index in [4.69, 9.17) is 0 Å². The molecule has 5 heteroatoms. The summed E-state index contributed by atoms with van der Waals surface area (Å²) in [7, 11) is 3.98. The van der Waals surface area contributed by atoms with Crippen molar-refractivity contribution in [1.29, 1.82) is 0 Å². The summed E-state index contributed by atoms with van der Waals surface area (Å²) < 4.78 is 0. The lowest BCUT2D eigenvalue weighted by Crippen LogP contribution is -2.22. The zero-order valence-corrected chi connectivity index (χ0v) is 13.6. The van der Waals surface area contributed by atoms with E-state index < -0.39 is 0 Å². The van der Waals surface area contributed by atoms with Crippen molar-refractivity contribution in [2.45, 2.75) is 13.5 Å². The van der Waals surface area contributed by atoms with Crippen molar-refractivity contribution in [2.24, 2.45) is 0 Å². The molecule has 0 unspecified atom stereocenters. The summed E-state index contributed by atoms with van der Waals surface area (Å²) in [4.78, 5) is 25.1. The normalized spacial score (nSPS) is 10.0. The van der Waals surface area contributed by atoms with Crippen LogP contribution in [0.15, 0.2) is 48.5 Å². The molecule has 0 spiro atoms. The van der Waals surface area contributed by atoms with Gasteiger partial charge in [-0.3, -0.25) is 9.59 Å². The fraction of sp³-hybridized carbons (Fsp3) is 0.222. The molecule has 0 fully saturated rings.